The van der Waals surface area contributed by atoms with Gasteiger partial charge in [-0.15, -0.1) is 15.3 Å². The predicted molar refractivity (Wildman–Crippen MR) is 124 cm³/mol. The molecule has 2 aromatic heterocycles. The lowest BCUT2D eigenvalue weighted by Gasteiger charge is -2.01. The number of hydrogen-bond donors (Lipinski definition) is 1. The maximum Gasteiger partial charge on any atom is 0.368 e. The van der Waals surface area contributed by atoms with E-state index in [0.717, 1.165) is 4.90 Å². The van der Waals surface area contributed by atoms with Gasteiger partial charge in [0.1, 0.15) is 5.58 Å². The molecular formula is C23H13ClN4O4S. The normalized spacial score (nSPS) is 11.4. The van der Waals surface area contributed by atoms with E-state index in [-0.39, 0.29) is 17.0 Å². The largest absolute Gasteiger partial charge is 0.505 e. The first-order valence-electron chi connectivity index (χ1n) is 9.61. The van der Waals surface area contributed by atoms with Gasteiger partial charge in [-0.2, -0.15) is 5.11 Å². The fraction of sp³-hybridized carbons (Fsp3) is 0. The van der Waals surface area contributed by atoms with Crippen LogP contribution in [-0.4, -0.2) is 15.3 Å². The molecule has 1 N–H and O–H groups in total. The first kappa shape index (κ1) is 20.9. The van der Waals surface area contributed by atoms with E-state index < -0.39 is 5.63 Å². The molecule has 0 saturated heterocycles. The summed E-state index contributed by atoms with van der Waals surface area (Å²) in [6.07, 6.45) is 0. The molecule has 33 heavy (non-hydrogen) atoms. The Bertz CT molecular complexity index is 1530. The average molecular weight is 477 g/mol. The van der Waals surface area contributed by atoms with Gasteiger partial charge in [0.2, 0.25) is 11.6 Å². The van der Waals surface area contributed by atoms with E-state index in [2.05, 4.69) is 20.4 Å². The van der Waals surface area contributed by atoms with Crippen LogP contribution in [0.25, 0.3) is 22.4 Å². The second kappa shape index (κ2) is 8.89. The molecule has 5 rings (SSSR count). The molecule has 3 aromatic carbocycles. The van der Waals surface area contributed by atoms with Crippen LogP contribution >= 0.6 is 23.4 Å². The minimum Gasteiger partial charge on any atom is -0.505 e. The predicted octanol–water partition coefficient (Wildman–Crippen LogP) is 6.77. The molecule has 5 aromatic rings. The van der Waals surface area contributed by atoms with Crippen LogP contribution in [0.3, 0.4) is 0 Å². The molecule has 0 unspecified atom stereocenters. The highest BCUT2D eigenvalue weighted by molar-refractivity contribution is 7.99. The van der Waals surface area contributed by atoms with Gasteiger partial charge >= 0.3 is 5.63 Å². The maximum atomic E-state index is 12.1. The molecule has 0 radical (unpaired) electrons. The van der Waals surface area contributed by atoms with Gasteiger partial charge in [-0.05, 0) is 72.4 Å². The van der Waals surface area contributed by atoms with Crippen molar-refractivity contribution in [2.75, 3.05) is 0 Å². The van der Waals surface area contributed by atoms with Crippen LogP contribution < -0.4 is 5.63 Å². The highest BCUT2D eigenvalue weighted by Gasteiger charge is 2.14. The van der Waals surface area contributed by atoms with E-state index in [1.54, 1.807) is 60.7 Å². The van der Waals surface area contributed by atoms with Crippen molar-refractivity contribution >= 4 is 45.7 Å². The second-order valence-electron chi connectivity index (χ2n) is 6.76. The van der Waals surface area contributed by atoms with E-state index in [9.17, 15) is 9.90 Å². The van der Waals surface area contributed by atoms with E-state index >= 15 is 0 Å². The van der Waals surface area contributed by atoms with Crippen molar-refractivity contribution in [1.82, 2.24) is 10.2 Å². The van der Waals surface area contributed by atoms with Crippen molar-refractivity contribution in [2.45, 2.75) is 10.1 Å². The number of hydrogen-bond acceptors (Lipinski definition) is 9. The standard InChI is InChI=1S/C23H13ClN4O4S/c24-14-7-11-16(12-8-14)33-23-28-27-21(32-23)13-5-9-15(10-6-13)25-26-19-20(29)17-3-1-2-4-18(17)31-22(19)30/h1-12,29H. The van der Waals surface area contributed by atoms with Gasteiger partial charge in [-0.25, -0.2) is 4.79 Å². The minimum absolute atomic E-state index is 0.265. The Hall–Kier alpha value is -3.95. The Kier molecular flexibility index (Phi) is 5.64. The second-order valence-corrected chi connectivity index (χ2v) is 8.22. The Labute approximate surface area is 195 Å². The fourth-order valence-corrected chi connectivity index (χ4v) is 3.76. The maximum absolute atomic E-state index is 12.1. The van der Waals surface area contributed by atoms with Crippen LogP contribution in [0.4, 0.5) is 11.4 Å². The van der Waals surface area contributed by atoms with E-state index in [0.29, 0.717) is 32.8 Å². The average Bonchev–Trinajstić information content (AvgIpc) is 3.29. The topological polar surface area (TPSA) is 114 Å². The number of benzene rings is 3. The van der Waals surface area contributed by atoms with Crippen LogP contribution in [0, 0.1) is 0 Å². The molecular weight excluding hydrogens is 464 g/mol. The minimum atomic E-state index is -0.775. The zero-order valence-electron chi connectivity index (χ0n) is 16.7. The molecule has 8 nitrogen and oxygen atoms in total. The Balaban J connectivity index is 1.34. The van der Waals surface area contributed by atoms with E-state index in [4.69, 9.17) is 20.4 Å². The molecule has 0 aliphatic heterocycles. The van der Waals surface area contributed by atoms with Gasteiger partial charge in [-0.3, -0.25) is 0 Å². The molecule has 162 valence electrons. The monoisotopic (exact) mass is 476 g/mol. The fourth-order valence-electron chi connectivity index (χ4n) is 2.96. The van der Waals surface area contributed by atoms with E-state index in [1.807, 2.05) is 12.1 Å². The number of nitrogens with zero attached hydrogens (tertiary/aromatic N) is 4. The summed E-state index contributed by atoms with van der Waals surface area (Å²) in [6, 6.07) is 20.8. The Morgan fingerprint density at radius 3 is 2.42 bits per heavy atom. The summed E-state index contributed by atoms with van der Waals surface area (Å²) >= 11 is 7.23. The van der Waals surface area contributed by atoms with Crippen LogP contribution in [0.1, 0.15) is 0 Å². The zero-order chi connectivity index (χ0) is 22.8. The number of halogens is 1. The van der Waals surface area contributed by atoms with Crippen LogP contribution in [0.2, 0.25) is 5.02 Å². The molecule has 0 aliphatic carbocycles. The van der Waals surface area contributed by atoms with Gasteiger partial charge in [-0.1, -0.05) is 23.7 Å². The molecule has 0 bridgehead atoms. The molecule has 0 amide bonds. The van der Waals surface area contributed by atoms with Crippen LogP contribution in [0.5, 0.6) is 5.75 Å². The van der Waals surface area contributed by atoms with Gasteiger partial charge in [0.15, 0.2) is 5.75 Å². The number of azo groups is 1. The van der Waals surface area contributed by atoms with Gasteiger partial charge in [0.25, 0.3) is 5.22 Å². The molecule has 0 atom stereocenters. The first-order chi connectivity index (χ1) is 16.1. The van der Waals surface area contributed by atoms with Crippen molar-refractivity contribution < 1.29 is 13.9 Å². The van der Waals surface area contributed by atoms with Gasteiger partial charge in [0, 0.05) is 15.5 Å². The highest BCUT2D eigenvalue weighted by atomic mass is 35.5. The summed E-state index contributed by atoms with van der Waals surface area (Å²) < 4.78 is 10.9. The third-order valence-corrected chi connectivity index (χ3v) is 5.67. The van der Waals surface area contributed by atoms with Crippen molar-refractivity contribution in [1.29, 1.82) is 0 Å². The molecule has 0 spiro atoms. The van der Waals surface area contributed by atoms with Crippen molar-refractivity contribution in [3.8, 4) is 17.2 Å². The zero-order valence-corrected chi connectivity index (χ0v) is 18.2. The quantitative estimate of drug-likeness (QED) is 0.220. The number of rotatable bonds is 5. The van der Waals surface area contributed by atoms with Crippen LogP contribution in [0.15, 0.2) is 107 Å². The molecule has 0 fully saturated rings. The Morgan fingerprint density at radius 2 is 1.64 bits per heavy atom. The smallest absolute Gasteiger partial charge is 0.368 e. The SMILES string of the molecule is O=c1oc2ccccc2c(O)c1N=Nc1ccc(-c2nnc(Sc3ccc(Cl)cc3)o2)cc1. The summed E-state index contributed by atoms with van der Waals surface area (Å²) in [5, 5.41) is 27.8. The molecule has 0 saturated carbocycles. The number of para-hydroxylation sites is 1. The summed E-state index contributed by atoms with van der Waals surface area (Å²) in [4.78, 5) is 13.1. The highest BCUT2D eigenvalue weighted by Crippen LogP contribution is 2.33. The number of fused-ring (bicyclic) bond motifs is 1. The number of aromatic hydroxyl groups is 1. The molecule has 0 aliphatic rings. The van der Waals surface area contributed by atoms with Crippen LogP contribution in [-0.2, 0) is 0 Å². The third-order valence-electron chi connectivity index (χ3n) is 4.57. The van der Waals surface area contributed by atoms with E-state index in [1.165, 1.54) is 11.8 Å². The lowest BCUT2D eigenvalue weighted by atomic mass is 10.2. The first-order valence-corrected chi connectivity index (χ1v) is 10.8. The van der Waals surface area contributed by atoms with Gasteiger partial charge < -0.3 is 13.9 Å². The van der Waals surface area contributed by atoms with Crippen molar-refractivity contribution in [2.24, 2.45) is 10.2 Å². The summed E-state index contributed by atoms with van der Waals surface area (Å²) in [5.74, 6) is 0.0709. The summed E-state index contributed by atoms with van der Waals surface area (Å²) in [7, 11) is 0. The summed E-state index contributed by atoms with van der Waals surface area (Å²) in [6.45, 7) is 0. The molecule has 10 heteroatoms. The Morgan fingerprint density at radius 1 is 0.879 bits per heavy atom. The molecule has 2 heterocycles. The van der Waals surface area contributed by atoms with Crippen molar-refractivity contribution in [3.05, 3.63) is 88.2 Å². The number of aromatic nitrogens is 2. The summed E-state index contributed by atoms with van der Waals surface area (Å²) in [5.41, 5.74) is 0.386. The van der Waals surface area contributed by atoms with Crippen molar-refractivity contribution in [3.63, 3.8) is 0 Å². The van der Waals surface area contributed by atoms with Gasteiger partial charge in [0.05, 0.1) is 11.1 Å². The third kappa shape index (κ3) is 4.50. The lowest BCUT2D eigenvalue weighted by Crippen LogP contribution is -1.98. The lowest BCUT2D eigenvalue weighted by molar-refractivity contribution is 0.466.